The van der Waals surface area contributed by atoms with Gasteiger partial charge in [0.25, 0.3) is 0 Å². The summed E-state index contributed by atoms with van der Waals surface area (Å²) in [6.07, 6.45) is 0. The Bertz CT molecular complexity index is 1360. The lowest BCUT2D eigenvalue weighted by Gasteiger charge is -2.17. The van der Waals surface area contributed by atoms with Crippen LogP contribution in [0.2, 0.25) is 0 Å². The van der Waals surface area contributed by atoms with Gasteiger partial charge in [0, 0.05) is 16.2 Å². The van der Waals surface area contributed by atoms with Gasteiger partial charge in [-0.25, -0.2) is 4.39 Å². The second kappa shape index (κ2) is 11.2. The van der Waals surface area contributed by atoms with Gasteiger partial charge in [0.2, 0.25) is 6.54 Å². The van der Waals surface area contributed by atoms with Gasteiger partial charge in [-0.3, -0.25) is 14.7 Å². The van der Waals surface area contributed by atoms with Crippen molar-refractivity contribution in [1.82, 2.24) is 14.8 Å². The van der Waals surface area contributed by atoms with E-state index in [0.29, 0.717) is 33.6 Å². The number of hydrogen-bond acceptors (Lipinski definition) is 7. The molecule has 4 aromatic rings. The molecule has 0 aliphatic carbocycles. The fourth-order valence-electron chi connectivity index (χ4n) is 3.66. The van der Waals surface area contributed by atoms with E-state index in [-0.39, 0.29) is 23.9 Å². The maximum atomic E-state index is 14.0. The molecular weight excluding hydrogens is 483 g/mol. The lowest BCUT2D eigenvalue weighted by atomic mass is 10.1. The van der Waals surface area contributed by atoms with Crippen molar-refractivity contribution >= 4 is 11.8 Å². The molecule has 1 heterocycles. The molecule has 4 rings (SSSR count). The summed E-state index contributed by atoms with van der Waals surface area (Å²) in [6.45, 7) is 3.53. The molecule has 0 N–H and O–H groups in total. The van der Waals surface area contributed by atoms with Crippen molar-refractivity contribution < 1.29 is 18.8 Å². The van der Waals surface area contributed by atoms with Crippen LogP contribution in [0.15, 0.2) is 71.9 Å². The zero-order chi connectivity index (χ0) is 25.7. The number of hydrogen-bond donors (Lipinski definition) is 0. The minimum atomic E-state index is -0.567. The predicted octanol–water partition coefficient (Wildman–Crippen LogP) is 5.72. The molecule has 3 aromatic carbocycles. The van der Waals surface area contributed by atoms with Gasteiger partial charge in [-0.15, -0.1) is 10.2 Å². The first-order valence-electron chi connectivity index (χ1n) is 11.2. The molecule has 0 fully saturated rings. The average Bonchev–Trinajstić information content (AvgIpc) is 3.23. The Morgan fingerprint density at radius 3 is 2.50 bits per heavy atom. The standard InChI is InChI=1S/C26H25FN4O4S/c1-17-8-11-21(12-9-17)31-18(2)28-29-26(31)36-25(15-30(32)33)19-10-13-23(24(14-19)34-3)35-16-20-6-4-5-7-22(20)27/h4-14,25H,15-16H2,1-3H3/t25-/m1/s1. The normalized spacial score (nSPS) is 11.8. The van der Waals surface area contributed by atoms with Crippen LogP contribution in [0.5, 0.6) is 11.5 Å². The van der Waals surface area contributed by atoms with E-state index < -0.39 is 5.25 Å². The highest BCUT2D eigenvalue weighted by Crippen LogP contribution is 2.39. The van der Waals surface area contributed by atoms with Crippen LogP contribution in [-0.4, -0.2) is 33.3 Å². The van der Waals surface area contributed by atoms with E-state index in [9.17, 15) is 14.5 Å². The molecule has 0 bridgehead atoms. The summed E-state index contributed by atoms with van der Waals surface area (Å²) in [7, 11) is 1.49. The molecule has 36 heavy (non-hydrogen) atoms. The van der Waals surface area contributed by atoms with Crippen molar-refractivity contribution in [2.45, 2.75) is 30.9 Å². The quantitative estimate of drug-likeness (QED) is 0.154. The highest BCUT2D eigenvalue weighted by Gasteiger charge is 2.25. The first-order valence-corrected chi connectivity index (χ1v) is 12.1. The largest absolute Gasteiger partial charge is 0.493 e. The maximum absolute atomic E-state index is 14.0. The number of aryl methyl sites for hydroxylation is 2. The van der Waals surface area contributed by atoms with Gasteiger partial charge in [0.15, 0.2) is 16.7 Å². The number of halogens is 1. The van der Waals surface area contributed by atoms with E-state index in [2.05, 4.69) is 10.2 Å². The monoisotopic (exact) mass is 508 g/mol. The van der Waals surface area contributed by atoms with Crippen molar-refractivity contribution in [3.05, 3.63) is 105 Å². The summed E-state index contributed by atoms with van der Waals surface area (Å²) in [4.78, 5) is 11.2. The molecule has 10 heteroatoms. The number of aromatic nitrogens is 3. The van der Waals surface area contributed by atoms with Gasteiger partial charge in [-0.1, -0.05) is 53.7 Å². The molecule has 1 aromatic heterocycles. The van der Waals surface area contributed by atoms with Crippen molar-refractivity contribution in [2.75, 3.05) is 13.7 Å². The van der Waals surface area contributed by atoms with Gasteiger partial charge < -0.3 is 9.47 Å². The van der Waals surface area contributed by atoms with Gasteiger partial charge in [0.05, 0.1) is 7.11 Å². The molecular formula is C26H25FN4O4S. The highest BCUT2D eigenvalue weighted by atomic mass is 32.2. The second-order valence-corrected chi connectivity index (χ2v) is 9.28. The van der Waals surface area contributed by atoms with Crippen molar-refractivity contribution in [1.29, 1.82) is 0 Å². The number of methoxy groups -OCH3 is 1. The molecule has 0 amide bonds. The maximum Gasteiger partial charge on any atom is 0.220 e. The van der Waals surface area contributed by atoms with E-state index in [1.807, 2.05) is 42.7 Å². The Morgan fingerprint density at radius 2 is 1.81 bits per heavy atom. The fourth-order valence-corrected chi connectivity index (χ4v) is 4.82. The molecule has 0 spiro atoms. The molecule has 8 nitrogen and oxygen atoms in total. The Kier molecular flexibility index (Phi) is 7.84. The fraction of sp³-hybridized carbons (Fsp3) is 0.231. The molecule has 1 atom stereocenters. The Balaban J connectivity index is 1.61. The van der Waals surface area contributed by atoms with Crippen LogP contribution in [0.3, 0.4) is 0 Å². The van der Waals surface area contributed by atoms with Crippen molar-refractivity contribution in [2.24, 2.45) is 0 Å². The lowest BCUT2D eigenvalue weighted by molar-refractivity contribution is -0.479. The van der Waals surface area contributed by atoms with Crippen LogP contribution in [0.4, 0.5) is 4.39 Å². The van der Waals surface area contributed by atoms with Crippen LogP contribution >= 0.6 is 11.8 Å². The van der Waals surface area contributed by atoms with Crippen molar-refractivity contribution in [3.63, 3.8) is 0 Å². The zero-order valence-corrected chi connectivity index (χ0v) is 20.9. The first-order chi connectivity index (χ1) is 17.4. The third-order valence-corrected chi connectivity index (χ3v) is 6.73. The first kappa shape index (κ1) is 25.2. The minimum absolute atomic E-state index is 0.0222. The minimum Gasteiger partial charge on any atom is -0.493 e. The summed E-state index contributed by atoms with van der Waals surface area (Å²) < 4.78 is 27.1. The van der Waals surface area contributed by atoms with Gasteiger partial charge in [-0.2, -0.15) is 0 Å². The van der Waals surface area contributed by atoms with Crippen LogP contribution in [0.25, 0.3) is 5.69 Å². The lowest BCUT2D eigenvalue weighted by Crippen LogP contribution is -2.11. The third-order valence-electron chi connectivity index (χ3n) is 5.55. The molecule has 0 saturated carbocycles. The number of ether oxygens (including phenoxy) is 2. The number of nitrogens with zero attached hydrogens (tertiary/aromatic N) is 4. The van der Waals surface area contributed by atoms with E-state index in [4.69, 9.17) is 9.47 Å². The zero-order valence-electron chi connectivity index (χ0n) is 20.1. The van der Waals surface area contributed by atoms with Crippen molar-refractivity contribution in [3.8, 4) is 17.2 Å². The Morgan fingerprint density at radius 1 is 1.06 bits per heavy atom. The van der Waals surface area contributed by atoms with E-state index in [0.717, 1.165) is 11.3 Å². The molecule has 0 unspecified atom stereocenters. The van der Waals surface area contributed by atoms with Gasteiger partial charge >= 0.3 is 0 Å². The SMILES string of the molecule is COc1cc([C@@H](C[N+](=O)[O-])Sc2nnc(C)n2-c2ccc(C)cc2)ccc1OCc1ccccc1F. The smallest absolute Gasteiger partial charge is 0.220 e. The number of rotatable bonds is 10. The van der Waals surface area contributed by atoms with E-state index in [1.165, 1.54) is 24.9 Å². The summed E-state index contributed by atoms with van der Waals surface area (Å²) in [5, 5.41) is 20.0. The number of thioether (sulfide) groups is 1. The number of nitro groups is 1. The van der Waals surface area contributed by atoms with Gasteiger partial charge in [0.1, 0.15) is 23.5 Å². The van der Waals surface area contributed by atoms with Crippen LogP contribution in [-0.2, 0) is 6.61 Å². The Hall–Kier alpha value is -3.92. The Labute approximate surface area is 212 Å². The third kappa shape index (κ3) is 5.83. The average molecular weight is 509 g/mol. The summed E-state index contributed by atoms with van der Waals surface area (Å²) in [5.74, 6) is 1.13. The van der Waals surface area contributed by atoms with E-state index >= 15 is 0 Å². The topological polar surface area (TPSA) is 92.3 Å². The number of benzene rings is 3. The molecule has 186 valence electrons. The molecule has 0 radical (unpaired) electrons. The molecule has 0 aliphatic heterocycles. The van der Waals surface area contributed by atoms with E-state index in [1.54, 1.807) is 36.4 Å². The second-order valence-electron chi connectivity index (χ2n) is 8.11. The van der Waals surface area contributed by atoms with Crippen LogP contribution in [0, 0.1) is 29.8 Å². The van der Waals surface area contributed by atoms with Crippen LogP contribution in [0.1, 0.15) is 27.8 Å². The van der Waals surface area contributed by atoms with Crippen LogP contribution < -0.4 is 9.47 Å². The van der Waals surface area contributed by atoms with Gasteiger partial charge in [-0.05, 0) is 49.7 Å². The summed E-state index contributed by atoms with van der Waals surface area (Å²) >= 11 is 1.26. The summed E-state index contributed by atoms with van der Waals surface area (Å²) in [5.41, 5.74) is 3.08. The highest BCUT2D eigenvalue weighted by molar-refractivity contribution is 7.99. The predicted molar refractivity (Wildman–Crippen MR) is 135 cm³/mol. The molecule has 0 saturated heterocycles. The summed E-state index contributed by atoms with van der Waals surface area (Å²) in [6, 6.07) is 19.4. The molecule has 0 aliphatic rings.